The first-order valence-electron chi connectivity index (χ1n) is 12.3. The zero-order chi connectivity index (χ0) is 26.4. The zero-order valence-electron chi connectivity index (χ0n) is 21.0. The summed E-state index contributed by atoms with van der Waals surface area (Å²) in [6, 6.07) is 13.5. The molecule has 0 saturated heterocycles. The zero-order valence-corrected chi connectivity index (χ0v) is 21.0. The number of aryl methyl sites for hydroxylation is 2. The molecule has 6 aromatic rings. The van der Waals surface area contributed by atoms with Crippen LogP contribution in [0.3, 0.4) is 0 Å². The van der Waals surface area contributed by atoms with Crippen LogP contribution in [0, 0.1) is 25.5 Å². The third-order valence-electron chi connectivity index (χ3n) is 6.61. The molecule has 0 spiro atoms. The van der Waals surface area contributed by atoms with Gasteiger partial charge >= 0.3 is 0 Å². The molecule has 0 bridgehead atoms. The molecule has 0 radical (unpaired) electrons. The molecule has 190 valence electrons. The number of fused-ring (bicyclic) bond motifs is 1. The maximum Gasteiger partial charge on any atom is 0.254 e. The van der Waals surface area contributed by atoms with Crippen LogP contribution in [0.5, 0.6) is 0 Å². The fraction of sp³-hybridized carbons (Fsp3) is 0.179. The maximum atomic E-state index is 15.0. The van der Waals surface area contributed by atoms with Gasteiger partial charge in [-0.15, -0.1) is 5.10 Å². The minimum Gasteiger partial charge on any atom is -0.286 e. The van der Waals surface area contributed by atoms with E-state index in [0.717, 1.165) is 17.0 Å². The van der Waals surface area contributed by atoms with Crippen molar-refractivity contribution >= 4 is 5.65 Å². The lowest BCUT2D eigenvalue weighted by atomic mass is 10.1. The van der Waals surface area contributed by atoms with Crippen molar-refractivity contribution in [1.82, 2.24) is 38.9 Å². The second-order valence-corrected chi connectivity index (χ2v) is 9.14. The fourth-order valence-corrected chi connectivity index (χ4v) is 4.66. The molecule has 0 fully saturated rings. The molecule has 0 N–H and O–H groups in total. The molecule has 0 unspecified atom stereocenters. The minimum absolute atomic E-state index is 0.165. The van der Waals surface area contributed by atoms with Crippen molar-refractivity contribution in [2.45, 2.75) is 33.2 Å². The van der Waals surface area contributed by atoms with Gasteiger partial charge in [-0.25, -0.2) is 18.3 Å². The van der Waals surface area contributed by atoms with Gasteiger partial charge in [-0.05, 0) is 68.8 Å². The van der Waals surface area contributed by atoms with E-state index >= 15 is 0 Å². The van der Waals surface area contributed by atoms with Crippen LogP contribution in [0.15, 0.2) is 73.3 Å². The molecule has 0 aromatic carbocycles. The largest absolute Gasteiger partial charge is 0.286 e. The minimum atomic E-state index is -0.440. The summed E-state index contributed by atoms with van der Waals surface area (Å²) < 4.78 is 33.7. The molecular formula is C28H24F2N8. The summed E-state index contributed by atoms with van der Waals surface area (Å²) in [4.78, 5) is 13.5. The molecule has 0 saturated carbocycles. The Balaban J connectivity index is 1.34. The fourth-order valence-electron chi connectivity index (χ4n) is 4.66. The van der Waals surface area contributed by atoms with Gasteiger partial charge in [0.2, 0.25) is 0 Å². The number of halogens is 2. The van der Waals surface area contributed by atoms with Gasteiger partial charge in [-0.1, -0.05) is 6.92 Å². The summed E-state index contributed by atoms with van der Waals surface area (Å²) in [5, 5.41) is 9.07. The van der Waals surface area contributed by atoms with Gasteiger partial charge in [0.1, 0.15) is 17.3 Å². The van der Waals surface area contributed by atoms with Crippen LogP contribution in [0.1, 0.15) is 36.5 Å². The second-order valence-electron chi connectivity index (χ2n) is 9.14. The molecule has 0 amide bonds. The van der Waals surface area contributed by atoms with Gasteiger partial charge in [-0.3, -0.25) is 14.2 Å². The predicted molar refractivity (Wildman–Crippen MR) is 139 cm³/mol. The Labute approximate surface area is 217 Å². The Morgan fingerprint density at radius 1 is 0.895 bits per heavy atom. The Morgan fingerprint density at radius 2 is 1.71 bits per heavy atom. The average molecular weight is 511 g/mol. The number of hydrogen-bond donors (Lipinski definition) is 0. The molecule has 0 aliphatic carbocycles. The van der Waals surface area contributed by atoms with E-state index in [9.17, 15) is 8.78 Å². The monoisotopic (exact) mass is 510 g/mol. The molecule has 6 aromatic heterocycles. The third-order valence-corrected chi connectivity index (χ3v) is 6.61. The molecule has 8 nitrogen and oxygen atoms in total. The van der Waals surface area contributed by atoms with Crippen molar-refractivity contribution in [1.29, 1.82) is 0 Å². The van der Waals surface area contributed by atoms with Gasteiger partial charge in [-0.2, -0.15) is 10.1 Å². The molecule has 1 atom stereocenters. The molecule has 0 aliphatic heterocycles. The third kappa shape index (κ3) is 4.13. The number of nitrogens with zero attached hydrogens (tertiary/aromatic N) is 8. The number of pyridine rings is 3. The molecule has 10 heteroatoms. The highest BCUT2D eigenvalue weighted by Crippen LogP contribution is 2.28. The van der Waals surface area contributed by atoms with E-state index in [-0.39, 0.29) is 17.6 Å². The molecular weight excluding hydrogens is 486 g/mol. The molecule has 6 heterocycles. The van der Waals surface area contributed by atoms with Crippen molar-refractivity contribution in [2.75, 3.05) is 0 Å². The Morgan fingerprint density at radius 3 is 2.45 bits per heavy atom. The number of rotatable bonds is 6. The lowest BCUT2D eigenvalue weighted by Crippen LogP contribution is -2.11. The topological polar surface area (TPSA) is 78.7 Å². The normalized spacial score (nSPS) is 12.3. The van der Waals surface area contributed by atoms with E-state index in [4.69, 9.17) is 0 Å². The van der Waals surface area contributed by atoms with Crippen LogP contribution < -0.4 is 0 Å². The highest BCUT2D eigenvalue weighted by Gasteiger charge is 2.18. The van der Waals surface area contributed by atoms with Crippen LogP contribution in [-0.2, 0) is 0 Å². The Hall–Kier alpha value is -4.73. The van der Waals surface area contributed by atoms with Crippen LogP contribution in [0.2, 0.25) is 0 Å². The van der Waals surface area contributed by atoms with Gasteiger partial charge in [0.25, 0.3) is 5.95 Å². The summed E-state index contributed by atoms with van der Waals surface area (Å²) in [6.07, 6.45) is 7.20. The lowest BCUT2D eigenvalue weighted by Gasteiger charge is -2.14. The summed E-state index contributed by atoms with van der Waals surface area (Å²) in [5.41, 5.74) is 5.46. The summed E-state index contributed by atoms with van der Waals surface area (Å²) in [6.45, 7) is 6.00. The van der Waals surface area contributed by atoms with Crippen LogP contribution in [0.4, 0.5) is 8.78 Å². The van der Waals surface area contributed by atoms with E-state index in [1.54, 1.807) is 45.9 Å². The summed E-state index contributed by atoms with van der Waals surface area (Å²) in [7, 11) is 0. The number of aromatic nitrogens is 8. The van der Waals surface area contributed by atoms with Gasteiger partial charge in [0, 0.05) is 34.9 Å². The SMILES string of the molecule is CC[C@H](c1ccc(F)cn1)n1cc(-c2ccc(F)c(-c3ccn4nc(-n5c(C)ccc5C)nc4c3)n2)cn1. The first-order chi connectivity index (χ1) is 18.4. The van der Waals surface area contributed by atoms with Gasteiger partial charge in [0.15, 0.2) is 5.65 Å². The van der Waals surface area contributed by atoms with Gasteiger partial charge in [0.05, 0.1) is 29.8 Å². The van der Waals surface area contributed by atoms with Crippen LogP contribution in [-0.4, -0.2) is 38.9 Å². The van der Waals surface area contributed by atoms with Gasteiger partial charge < -0.3 is 0 Å². The van der Waals surface area contributed by atoms with Crippen molar-refractivity contribution in [3.8, 4) is 28.5 Å². The summed E-state index contributed by atoms with van der Waals surface area (Å²) in [5.74, 6) is -0.273. The second kappa shape index (κ2) is 9.29. The Kier molecular flexibility index (Phi) is 5.79. The number of hydrogen-bond acceptors (Lipinski definition) is 5. The van der Waals surface area contributed by atoms with Crippen LogP contribution >= 0.6 is 0 Å². The first kappa shape index (κ1) is 23.7. The first-order valence-corrected chi connectivity index (χ1v) is 12.3. The smallest absolute Gasteiger partial charge is 0.254 e. The Bertz CT molecular complexity index is 1740. The van der Waals surface area contributed by atoms with E-state index in [0.29, 0.717) is 35.0 Å². The highest BCUT2D eigenvalue weighted by atomic mass is 19.1. The van der Waals surface area contributed by atoms with E-state index in [2.05, 4.69) is 25.1 Å². The molecule has 0 aliphatic rings. The van der Waals surface area contributed by atoms with Crippen molar-refractivity contribution in [3.63, 3.8) is 0 Å². The van der Waals surface area contributed by atoms with E-state index < -0.39 is 5.82 Å². The van der Waals surface area contributed by atoms with E-state index in [1.165, 1.54) is 18.3 Å². The lowest BCUT2D eigenvalue weighted by molar-refractivity contribution is 0.495. The summed E-state index contributed by atoms with van der Waals surface area (Å²) >= 11 is 0. The van der Waals surface area contributed by atoms with Crippen molar-refractivity contribution < 1.29 is 8.78 Å². The average Bonchev–Trinajstić information content (AvgIpc) is 3.64. The maximum absolute atomic E-state index is 15.0. The van der Waals surface area contributed by atoms with Crippen molar-refractivity contribution in [2.24, 2.45) is 0 Å². The van der Waals surface area contributed by atoms with E-state index in [1.807, 2.05) is 43.7 Å². The quantitative estimate of drug-likeness (QED) is 0.286. The standard InChI is InChI=1S/C28H24F2N8/c1-4-25(24-9-7-21(29)15-31-24)37-16-20(14-32-37)23-10-8-22(30)27(33-23)19-11-12-36-26(13-19)34-28(35-36)38-17(2)5-6-18(38)3/h5-16,25H,4H2,1-3H3/t25-/m1/s1. The van der Waals surface area contributed by atoms with Crippen LogP contribution in [0.25, 0.3) is 34.1 Å². The molecule has 6 rings (SSSR count). The van der Waals surface area contributed by atoms with Crippen molar-refractivity contribution in [3.05, 3.63) is 102 Å². The molecule has 38 heavy (non-hydrogen) atoms. The predicted octanol–water partition coefficient (Wildman–Crippen LogP) is 5.73. The highest BCUT2D eigenvalue weighted by molar-refractivity contribution is 5.68.